The number of fused-ring (bicyclic) bond motifs is 1. The highest BCUT2D eigenvalue weighted by Crippen LogP contribution is 2.24. The maximum atomic E-state index is 5.88. The molecule has 0 spiro atoms. The van der Waals surface area contributed by atoms with Gasteiger partial charge in [-0.3, -0.25) is 0 Å². The number of nitrogens with two attached hydrogens (primary N) is 1. The molecule has 0 aliphatic rings. The van der Waals surface area contributed by atoms with E-state index in [4.69, 9.17) is 10.7 Å². The molecule has 0 aliphatic carbocycles. The first-order valence-electron chi connectivity index (χ1n) is 7.17. The minimum absolute atomic E-state index is 0.760. The number of halogens is 1. The molecule has 0 saturated carbocycles. The van der Waals surface area contributed by atoms with Crippen molar-refractivity contribution < 1.29 is 0 Å². The summed E-state index contributed by atoms with van der Waals surface area (Å²) in [5.74, 6) is 1.12. The van der Waals surface area contributed by atoms with Crippen LogP contribution in [0, 0.1) is 0 Å². The zero-order valence-corrected chi connectivity index (χ0v) is 13.6. The molecule has 0 amide bonds. The number of nitrogens with zero attached hydrogens (tertiary/aromatic N) is 2. The van der Waals surface area contributed by atoms with Crippen molar-refractivity contribution in [2.45, 2.75) is 26.3 Å². The second kappa shape index (κ2) is 5.90. The fraction of sp³-hybridized carbons (Fsp3) is 0.235. The summed E-state index contributed by atoms with van der Waals surface area (Å²) in [6.07, 6.45) is 2.05. The van der Waals surface area contributed by atoms with E-state index in [1.165, 1.54) is 5.56 Å². The van der Waals surface area contributed by atoms with Gasteiger partial charge in [0.15, 0.2) is 0 Å². The Hall–Kier alpha value is -1.81. The monoisotopic (exact) mass is 343 g/mol. The van der Waals surface area contributed by atoms with Crippen molar-refractivity contribution >= 4 is 32.7 Å². The van der Waals surface area contributed by atoms with Crippen molar-refractivity contribution in [2.24, 2.45) is 0 Å². The molecule has 2 N–H and O–H groups in total. The number of aromatic nitrogens is 2. The number of hydrogen-bond donors (Lipinski definition) is 1. The van der Waals surface area contributed by atoms with Crippen LogP contribution in [0.5, 0.6) is 0 Å². The highest BCUT2D eigenvalue weighted by atomic mass is 79.9. The van der Waals surface area contributed by atoms with Gasteiger partial charge in [-0.05, 0) is 36.2 Å². The lowest BCUT2D eigenvalue weighted by Gasteiger charge is -2.10. The van der Waals surface area contributed by atoms with Crippen LogP contribution in [0.25, 0.3) is 11.0 Å². The summed E-state index contributed by atoms with van der Waals surface area (Å²) < 4.78 is 3.42. The van der Waals surface area contributed by atoms with Crippen molar-refractivity contribution in [1.82, 2.24) is 9.55 Å². The number of hydrogen-bond acceptors (Lipinski definition) is 2. The molecule has 3 nitrogen and oxygen atoms in total. The number of nitrogen functional groups attached to an aromatic ring is 1. The Morgan fingerprint density at radius 2 is 2.00 bits per heavy atom. The maximum Gasteiger partial charge on any atom is 0.110 e. The molecule has 0 saturated heterocycles. The molecule has 4 heteroatoms. The largest absolute Gasteiger partial charge is 0.399 e. The lowest BCUT2D eigenvalue weighted by Crippen LogP contribution is -2.05. The second-order valence-corrected chi connectivity index (χ2v) is 6.06. The fourth-order valence-electron chi connectivity index (χ4n) is 2.58. The van der Waals surface area contributed by atoms with Crippen molar-refractivity contribution in [2.75, 3.05) is 5.73 Å². The van der Waals surface area contributed by atoms with E-state index in [2.05, 4.69) is 51.7 Å². The van der Waals surface area contributed by atoms with Crippen LogP contribution >= 0.6 is 15.9 Å². The Labute approximate surface area is 132 Å². The molecule has 21 heavy (non-hydrogen) atoms. The topological polar surface area (TPSA) is 43.8 Å². The van der Waals surface area contributed by atoms with E-state index in [0.29, 0.717) is 0 Å². The van der Waals surface area contributed by atoms with Crippen LogP contribution in [0.3, 0.4) is 0 Å². The molecule has 0 fully saturated rings. The molecule has 3 rings (SSSR count). The number of rotatable bonds is 4. The van der Waals surface area contributed by atoms with Crippen LogP contribution < -0.4 is 5.73 Å². The SMILES string of the molecule is CCCc1nc2cc(N)ccc2n1Cc1ccccc1Br. The van der Waals surface area contributed by atoms with Gasteiger partial charge in [0.05, 0.1) is 17.6 Å². The van der Waals surface area contributed by atoms with Gasteiger partial charge < -0.3 is 10.3 Å². The molecule has 1 heterocycles. The second-order valence-electron chi connectivity index (χ2n) is 5.20. The van der Waals surface area contributed by atoms with Crippen LogP contribution in [-0.2, 0) is 13.0 Å². The van der Waals surface area contributed by atoms with E-state index in [9.17, 15) is 0 Å². The minimum Gasteiger partial charge on any atom is -0.399 e. The third-order valence-corrected chi connectivity index (χ3v) is 4.38. The first-order chi connectivity index (χ1) is 10.2. The number of benzene rings is 2. The Kier molecular flexibility index (Phi) is 3.97. The highest BCUT2D eigenvalue weighted by molar-refractivity contribution is 9.10. The van der Waals surface area contributed by atoms with E-state index in [1.54, 1.807) is 0 Å². The molecular formula is C17H18BrN3. The van der Waals surface area contributed by atoms with Gasteiger partial charge in [0.25, 0.3) is 0 Å². The van der Waals surface area contributed by atoms with Crippen LogP contribution in [-0.4, -0.2) is 9.55 Å². The van der Waals surface area contributed by atoms with E-state index in [1.807, 2.05) is 18.2 Å². The number of imidazole rings is 1. The lowest BCUT2D eigenvalue weighted by molar-refractivity contribution is 0.720. The standard InChI is InChI=1S/C17H18BrN3/c1-2-5-17-20-15-10-13(19)8-9-16(15)21(17)11-12-6-3-4-7-14(12)18/h3-4,6-10H,2,5,11,19H2,1H3. The Bertz CT molecular complexity index is 777. The van der Waals surface area contributed by atoms with Crippen molar-refractivity contribution in [3.8, 4) is 0 Å². The third kappa shape index (κ3) is 2.81. The van der Waals surface area contributed by atoms with Gasteiger partial charge in [0.2, 0.25) is 0 Å². The average Bonchev–Trinajstić information content (AvgIpc) is 2.79. The molecule has 0 unspecified atom stereocenters. The summed E-state index contributed by atoms with van der Waals surface area (Å²) in [5.41, 5.74) is 10.0. The molecule has 0 radical (unpaired) electrons. The number of aryl methyl sites for hydroxylation is 1. The van der Waals surface area contributed by atoms with E-state index >= 15 is 0 Å². The van der Waals surface area contributed by atoms with Crippen molar-refractivity contribution in [1.29, 1.82) is 0 Å². The average molecular weight is 344 g/mol. The molecule has 3 aromatic rings. The van der Waals surface area contributed by atoms with Gasteiger partial charge in [-0.2, -0.15) is 0 Å². The summed E-state index contributed by atoms with van der Waals surface area (Å²) in [4.78, 5) is 4.76. The van der Waals surface area contributed by atoms with Gasteiger partial charge in [0.1, 0.15) is 5.82 Å². The molecular weight excluding hydrogens is 326 g/mol. The summed E-state index contributed by atoms with van der Waals surface area (Å²) in [6.45, 7) is 2.99. The van der Waals surface area contributed by atoms with E-state index in [-0.39, 0.29) is 0 Å². The molecule has 2 aromatic carbocycles. The summed E-state index contributed by atoms with van der Waals surface area (Å²) in [5, 5.41) is 0. The van der Waals surface area contributed by atoms with Gasteiger partial charge in [-0.15, -0.1) is 0 Å². The fourth-order valence-corrected chi connectivity index (χ4v) is 2.99. The first kappa shape index (κ1) is 14.1. The smallest absolute Gasteiger partial charge is 0.110 e. The van der Waals surface area contributed by atoms with E-state index in [0.717, 1.165) is 46.4 Å². The first-order valence-corrected chi connectivity index (χ1v) is 7.96. The summed E-state index contributed by atoms with van der Waals surface area (Å²) in [6, 6.07) is 14.3. The summed E-state index contributed by atoms with van der Waals surface area (Å²) in [7, 11) is 0. The van der Waals surface area contributed by atoms with Gasteiger partial charge in [0, 0.05) is 16.6 Å². The Morgan fingerprint density at radius 1 is 1.19 bits per heavy atom. The molecule has 0 aliphatic heterocycles. The third-order valence-electron chi connectivity index (χ3n) is 3.61. The van der Waals surface area contributed by atoms with Gasteiger partial charge in [-0.25, -0.2) is 4.98 Å². The molecule has 0 bridgehead atoms. The Morgan fingerprint density at radius 3 is 2.76 bits per heavy atom. The predicted molar refractivity (Wildman–Crippen MR) is 91.4 cm³/mol. The molecule has 108 valence electrons. The van der Waals surface area contributed by atoms with Crippen molar-refractivity contribution in [3.63, 3.8) is 0 Å². The zero-order valence-electron chi connectivity index (χ0n) is 12.0. The van der Waals surface area contributed by atoms with E-state index < -0.39 is 0 Å². The zero-order chi connectivity index (χ0) is 14.8. The quantitative estimate of drug-likeness (QED) is 0.714. The highest BCUT2D eigenvalue weighted by Gasteiger charge is 2.11. The molecule has 0 atom stereocenters. The number of anilines is 1. The van der Waals surface area contributed by atoms with Crippen LogP contribution in [0.2, 0.25) is 0 Å². The van der Waals surface area contributed by atoms with Crippen LogP contribution in [0.4, 0.5) is 5.69 Å². The van der Waals surface area contributed by atoms with Gasteiger partial charge in [-0.1, -0.05) is 41.1 Å². The Balaban J connectivity index is 2.11. The van der Waals surface area contributed by atoms with Crippen molar-refractivity contribution in [3.05, 3.63) is 58.3 Å². The summed E-state index contributed by atoms with van der Waals surface area (Å²) >= 11 is 3.63. The van der Waals surface area contributed by atoms with Crippen LogP contribution in [0.15, 0.2) is 46.9 Å². The van der Waals surface area contributed by atoms with Gasteiger partial charge >= 0.3 is 0 Å². The van der Waals surface area contributed by atoms with Crippen LogP contribution in [0.1, 0.15) is 24.7 Å². The normalized spacial score (nSPS) is 11.1. The minimum atomic E-state index is 0.760. The maximum absolute atomic E-state index is 5.88. The lowest BCUT2D eigenvalue weighted by atomic mass is 10.2. The molecule has 1 aromatic heterocycles. The predicted octanol–water partition coefficient (Wildman–Crippen LogP) is 4.38.